The number of hydrogen-bond acceptors (Lipinski definition) is 3. The molecule has 0 fully saturated rings. The quantitative estimate of drug-likeness (QED) is 0.213. The Morgan fingerprint density at radius 3 is 2.24 bits per heavy atom. The van der Waals surface area contributed by atoms with Crippen LogP contribution in [0, 0.1) is 0 Å². The summed E-state index contributed by atoms with van der Waals surface area (Å²) >= 11 is 0. The monoisotopic (exact) mass is 508 g/mol. The Hall–Kier alpha value is -3.66. The van der Waals surface area contributed by atoms with E-state index in [4.69, 9.17) is 0 Å². The first kappa shape index (κ1) is 27.4. The molecule has 0 amide bonds. The maximum atomic E-state index is 10.7. The fourth-order valence-electron chi connectivity index (χ4n) is 5.89. The van der Waals surface area contributed by atoms with Crippen LogP contribution in [0.1, 0.15) is 64.5 Å². The topological polar surface area (TPSA) is 46.4 Å². The van der Waals surface area contributed by atoms with Gasteiger partial charge in [0.2, 0.25) is 5.69 Å². The summed E-state index contributed by atoms with van der Waals surface area (Å²) in [5.74, 6) is -0.964. The number of benzene rings is 2. The van der Waals surface area contributed by atoms with E-state index in [1.807, 2.05) is 0 Å². The molecule has 0 saturated heterocycles. The molecule has 0 bridgehead atoms. The highest BCUT2D eigenvalue weighted by Gasteiger charge is 2.42. The molecule has 38 heavy (non-hydrogen) atoms. The maximum absolute atomic E-state index is 10.7. The van der Waals surface area contributed by atoms with Crippen molar-refractivity contribution in [1.82, 2.24) is 0 Å². The molecular weight excluding hydrogens is 468 g/mol. The molecule has 0 N–H and O–H groups in total. The summed E-state index contributed by atoms with van der Waals surface area (Å²) in [5.41, 5.74) is 7.65. The highest BCUT2D eigenvalue weighted by Crippen LogP contribution is 2.47. The predicted molar refractivity (Wildman–Crippen MR) is 156 cm³/mol. The molecular formula is C34H40N2O2. The van der Waals surface area contributed by atoms with Gasteiger partial charge in [0.15, 0.2) is 5.71 Å². The van der Waals surface area contributed by atoms with E-state index in [1.165, 1.54) is 33.9 Å². The molecule has 0 radical (unpaired) electrons. The summed E-state index contributed by atoms with van der Waals surface area (Å²) in [6.45, 7) is 9.98. The van der Waals surface area contributed by atoms with Crippen molar-refractivity contribution in [2.45, 2.75) is 64.2 Å². The Bertz CT molecular complexity index is 1340. The number of allylic oxidation sites excluding steroid dienone is 8. The standard InChI is InChI=1S/C34H40N2O2/c1-33(2)26-18-13-15-20-28(26)35(5)30(33)22-10-7-6-8-11-23-31-34(3,4)27-19-14-16-21-29(27)36(31)25-17-9-12-24-32(37)38/h6-8,10-11,13-16,18-23H,9,12,17,24-25H2,1-5H3. The van der Waals surface area contributed by atoms with E-state index in [0.717, 1.165) is 19.4 Å². The van der Waals surface area contributed by atoms with Gasteiger partial charge in [-0.05, 0) is 50.8 Å². The van der Waals surface area contributed by atoms with Crippen LogP contribution < -0.4 is 10.0 Å². The SMILES string of the molecule is C[N+]1=C(C=CC=CC=CC=C2N(CCCCCC(=O)[O-])c3ccccc3C2(C)C)C(C)(C)c2ccccc21. The average Bonchev–Trinajstić information content (AvgIpc) is 3.22. The number of rotatable bonds is 10. The molecule has 0 atom stereocenters. The van der Waals surface area contributed by atoms with E-state index >= 15 is 0 Å². The number of carbonyl (C=O) groups is 1. The van der Waals surface area contributed by atoms with Crippen LogP contribution in [0.25, 0.3) is 0 Å². The lowest BCUT2D eigenvalue weighted by atomic mass is 9.81. The minimum Gasteiger partial charge on any atom is -0.550 e. The number of carboxylic acid groups (broad SMARTS) is 1. The van der Waals surface area contributed by atoms with E-state index in [1.54, 1.807) is 0 Å². The van der Waals surface area contributed by atoms with E-state index in [-0.39, 0.29) is 17.3 Å². The lowest BCUT2D eigenvalue weighted by molar-refractivity contribution is -0.401. The van der Waals surface area contributed by atoms with Crippen molar-refractivity contribution >= 4 is 23.1 Å². The second-order valence-corrected chi connectivity index (χ2v) is 11.2. The van der Waals surface area contributed by atoms with Gasteiger partial charge in [-0.2, -0.15) is 4.58 Å². The van der Waals surface area contributed by atoms with Crippen LogP contribution in [-0.4, -0.2) is 29.8 Å². The first-order valence-electron chi connectivity index (χ1n) is 13.7. The number of aliphatic carboxylic acids is 1. The molecule has 0 unspecified atom stereocenters. The second kappa shape index (κ2) is 11.4. The van der Waals surface area contributed by atoms with Crippen molar-refractivity contribution in [3.63, 3.8) is 0 Å². The van der Waals surface area contributed by atoms with Gasteiger partial charge < -0.3 is 14.8 Å². The molecule has 2 heterocycles. The van der Waals surface area contributed by atoms with Crippen LogP contribution in [0.5, 0.6) is 0 Å². The third kappa shape index (κ3) is 5.45. The van der Waals surface area contributed by atoms with Gasteiger partial charge in [-0.15, -0.1) is 0 Å². The van der Waals surface area contributed by atoms with Crippen LogP contribution in [0.15, 0.2) is 96.8 Å². The van der Waals surface area contributed by atoms with Crippen LogP contribution in [-0.2, 0) is 15.6 Å². The number of para-hydroxylation sites is 2. The van der Waals surface area contributed by atoms with E-state index < -0.39 is 5.97 Å². The predicted octanol–water partition coefficient (Wildman–Crippen LogP) is 6.35. The Morgan fingerprint density at radius 2 is 1.50 bits per heavy atom. The zero-order valence-corrected chi connectivity index (χ0v) is 23.4. The van der Waals surface area contributed by atoms with E-state index in [9.17, 15) is 9.90 Å². The summed E-state index contributed by atoms with van der Waals surface area (Å²) in [7, 11) is 2.14. The molecule has 4 heteroatoms. The number of fused-ring (bicyclic) bond motifs is 2. The molecule has 0 aromatic heterocycles. The Morgan fingerprint density at radius 1 is 0.842 bits per heavy atom. The van der Waals surface area contributed by atoms with E-state index in [0.29, 0.717) is 6.42 Å². The van der Waals surface area contributed by atoms with Crippen LogP contribution >= 0.6 is 0 Å². The first-order chi connectivity index (χ1) is 18.2. The molecule has 4 rings (SSSR count). The molecule has 2 aromatic rings. The summed E-state index contributed by atoms with van der Waals surface area (Å²) < 4.78 is 2.28. The number of carbonyl (C=O) groups excluding carboxylic acids is 1. The van der Waals surface area contributed by atoms with Crippen molar-refractivity contribution in [3.8, 4) is 0 Å². The van der Waals surface area contributed by atoms with Crippen LogP contribution in [0.2, 0.25) is 0 Å². The molecule has 198 valence electrons. The van der Waals surface area contributed by atoms with Gasteiger partial charge in [-0.25, -0.2) is 0 Å². The third-order valence-corrected chi connectivity index (χ3v) is 7.96. The average molecular weight is 509 g/mol. The van der Waals surface area contributed by atoms with Gasteiger partial charge in [-0.3, -0.25) is 0 Å². The fourth-order valence-corrected chi connectivity index (χ4v) is 5.89. The molecule has 0 spiro atoms. The van der Waals surface area contributed by atoms with Gasteiger partial charge in [-0.1, -0.05) is 87.0 Å². The fraction of sp³-hybridized carbons (Fsp3) is 0.353. The molecule has 2 aliphatic rings. The highest BCUT2D eigenvalue weighted by molar-refractivity contribution is 6.03. The number of anilines is 1. The molecule has 2 aromatic carbocycles. The smallest absolute Gasteiger partial charge is 0.209 e. The number of hydrogen-bond donors (Lipinski definition) is 0. The first-order valence-corrected chi connectivity index (χ1v) is 13.7. The van der Waals surface area contributed by atoms with Gasteiger partial charge in [0.05, 0.1) is 5.41 Å². The van der Waals surface area contributed by atoms with Gasteiger partial charge >= 0.3 is 0 Å². The minimum absolute atomic E-state index is 0.0209. The zero-order chi connectivity index (χ0) is 27.3. The molecule has 0 aliphatic carbocycles. The lowest BCUT2D eigenvalue weighted by Gasteiger charge is -2.27. The van der Waals surface area contributed by atoms with Crippen molar-refractivity contribution in [2.24, 2.45) is 0 Å². The Balaban J connectivity index is 1.44. The van der Waals surface area contributed by atoms with Gasteiger partial charge in [0.1, 0.15) is 7.05 Å². The van der Waals surface area contributed by atoms with Crippen LogP contribution in [0.4, 0.5) is 11.4 Å². The highest BCUT2D eigenvalue weighted by atomic mass is 16.4. The van der Waals surface area contributed by atoms with E-state index in [2.05, 4.69) is 135 Å². The van der Waals surface area contributed by atoms with Crippen LogP contribution in [0.3, 0.4) is 0 Å². The van der Waals surface area contributed by atoms with Crippen molar-refractivity contribution in [3.05, 3.63) is 108 Å². The minimum atomic E-state index is -0.964. The van der Waals surface area contributed by atoms with Crippen molar-refractivity contribution in [1.29, 1.82) is 0 Å². The number of unbranched alkanes of at least 4 members (excludes halogenated alkanes) is 2. The normalized spacial score (nSPS) is 18.9. The Labute approximate surface area is 228 Å². The zero-order valence-electron chi connectivity index (χ0n) is 23.4. The number of nitrogens with zero attached hydrogens (tertiary/aromatic N) is 2. The lowest BCUT2D eigenvalue weighted by Crippen LogP contribution is -2.27. The summed E-state index contributed by atoms with van der Waals surface area (Å²) in [6, 6.07) is 17.2. The largest absolute Gasteiger partial charge is 0.550 e. The van der Waals surface area contributed by atoms with Gasteiger partial charge in [0.25, 0.3) is 0 Å². The van der Waals surface area contributed by atoms with Crippen molar-refractivity contribution in [2.75, 3.05) is 18.5 Å². The molecule has 0 saturated carbocycles. The third-order valence-electron chi connectivity index (χ3n) is 7.96. The second-order valence-electron chi connectivity index (χ2n) is 11.2. The molecule has 4 nitrogen and oxygen atoms in total. The maximum Gasteiger partial charge on any atom is 0.209 e. The number of carboxylic acids is 1. The Kier molecular flexibility index (Phi) is 8.20. The van der Waals surface area contributed by atoms with Gasteiger partial charge in [0, 0.05) is 47.0 Å². The molecule has 2 aliphatic heterocycles. The van der Waals surface area contributed by atoms with Crippen molar-refractivity contribution < 1.29 is 14.5 Å². The summed E-state index contributed by atoms with van der Waals surface area (Å²) in [5, 5.41) is 10.7. The summed E-state index contributed by atoms with van der Waals surface area (Å²) in [6.07, 6.45) is 17.5. The summed E-state index contributed by atoms with van der Waals surface area (Å²) in [4.78, 5) is 13.1.